The summed E-state index contributed by atoms with van der Waals surface area (Å²) in [4.78, 5) is 2.13. The third kappa shape index (κ3) is 2.81. The van der Waals surface area contributed by atoms with Gasteiger partial charge in [0, 0.05) is 13.6 Å². The monoisotopic (exact) mass is 173 g/mol. The van der Waals surface area contributed by atoms with Crippen molar-refractivity contribution in [3.63, 3.8) is 0 Å². The van der Waals surface area contributed by atoms with Crippen LogP contribution in [0.2, 0.25) is 0 Å². The van der Waals surface area contributed by atoms with E-state index < -0.39 is 0 Å². The van der Waals surface area contributed by atoms with Crippen LogP contribution in [0.25, 0.3) is 0 Å². The second kappa shape index (κ2) is 4.54. The van der Waals surface area contributed by atoms with Gasteiger partial charge in [0.25, 0.3) is 0 Å². The van der Waals surface area contributed by atoms with Crippen molar-refractivity contribution in [2.24, 2.45) is 0 Å². The quantitative estimate of drug-likeness (QED) is 0.635. The Kier molecular flexibility index (Phi) is 3.36. The largest absolute Gasteiger partial charge is 0.368 e. The predicted molar refractivity (Wildman–Crippen MR) is 56.2 cm³/mol. The van der Waals surface area contributed by atoms with E-state index in [9.17, 15) is 0 Å². The SMILES string of the molecule is C=C=C(C)N(C)Cc1ccccc1. The van der Waals surface area contributed by atoms with Gasteiger partial charge in [0.15, 0.2) is 0 Å². The minimum Gasteiger partial charge on any atom is -0.368 e. The molecule has 0 heterocycles. The second-order valence-corrected chi connectivity index (χ2v) is 3.10. The summed E-state index contributed by atoms with van der Waals surface area (Å²) in [5.74, 6) is 0. The summed E-state index contributed by atoms with van der Waals surface area (Å²) in [5.41, 5.74) is 5.26. The van der Waals surface area contributed by atoms with E-state index in [1.165, 1.54) is 5.56 Å². The molecule has 0 radical (unpaired) electrons. The number of rotatable bonds is 3. The van der Waals surface area contributed by atoms with Gasteiger partial charge in [-0.15, -0.1) is 5.73 Å². The van der Waals surface area contributed by atoms with Crippen LogP contribution >= 0.6 is 0 Å². The summed E-state index contributed by atoms with van der Waals surface area (Å²) in [7, 11) is 2.04. The Balaban J connectivity index is 2.65. The van der Waals surface area contributed by atoms with E-state index in [2.05, 4.69) is 41.5 Å². The first-order chi connectivity index (χ1) is 6.24. The summed E-state index contributed by atoms with van der Waals surface area (Å²) in [6, 6.07) is 10.4. The number of hydrogen-bond donors (Lipinski definition) is 0. The second-order valence-electron chi connectivity index (χ2n) is 3.10. The first-order valence-electron chi connectivity index (χ1n) is 4.35. The summed E-state index contributed by atoms with van der Waals surface area (Å²) < 4.78 is 0. The molecule has 0 aliphatic carbocycles. The van der Waals surface area contributed by atoms with E-state index in [4.69, 9.17) is 0 Å². The molecule has 0 atom stereocenters. The van der Waals surface area contributed by atoms with Crippen LogP contribution in [0.15, 0.2) is 48.3 Å². The van der Waals surface area contributed by atoms with Gasteiger partial charge in [-0.25, -0.2) is 0 Å². The van der Waals surface area contributed by atoms with Crippen LogP contribution in [0.3, 0.4) is 0 Å². The molecule has 13 heavy (non-hydrogen) atoms. The van der Waals surface area contributed by atoms with Crippen LogP contribution in [0.4, 0.5) is 0 Å². The molecule has 68 valence electrons. The zero-order valence-electron chi connectivity index (χ0n) is 8.25. The Labute approximate surface area is 80.0 Å². The smallest absolute Gasteiger partial charge is 0.0526 e. The highest BCUT2D eigenvalue weighted by atomic mass is 15.1. The summed E-state index contributed by atoms with van der Waals surface area (Å²) in [6.45, 7) is 6.54. The van der Waals surface area contributed by atoms with Crippen LogP contribution in [-0.2, 0) is 6.54 Å². The Morgan fingerprint density at radius 1 is 1.38 bits per heavy atom. The Hall–Kier alpha value is -1.46. The maximum Gasteiger partial charge on any atom is 0.0526 e. The van der Waals surface area contributed by atoms with Crippen LogP contribution in [0.5, 0.6) is 0 Å². The van der Waals surface area contributed by atoms with E-state index in [0.29, 0.717) is 0 Å². The summed E-state index contributed by atoms with van der Waals surface area (Å²) >= 11 is 0. The van der Waals surface area contributed by atoms with Crippen molar-refractivity contribution in [1.29, 1.82) is 0 Å². The zero-order valence-corrected chi connectivity index (χ0v) is 8.25. The van der Waals surface area contributed by atoms with Gasteiger partial charge in [-0.2, -0.15) is 0 Å². The van der Waals surface area contributed by atoms with Gasteiger partial charge in [-0.3, -0.25) is 0 Å². The Morgan fingerprint density at radius 2 is 2.00 bits per heavy atom. The fourth-order valence-electron chi connectivity index (χ4n) is 1.11. The van der Waals surface area contributed by atoms with Gasteiger partial charge in [-0.1, -0.05) is 36.9 Å². The molecular weight excluding hydrogens is 158 g/mol. The Morgan fingerprint density at radius 3 is 2.54 bits per heavy atom. The molecular formula is C12H15N. The fourth-order valence-corrected chi connectivity index (χ4v) is 1.11. The molecule has 0 N–H and O–H groups in total. The van der Waals surface area contributed by atoms with Crippen molar-refractivity contribution in [1.82, 2.24) is 4.90 Å². The van der Waals surface area contributed by atoms with Crippen molar-refractivity contribution in [2.75, 3.05) is 7.05 Å². The molecule has 1 aromatic rings. The third-order valence-corrected chi connectivity index (χ3v) is 2.09. The zero-order chi connectivity index (χ0) is 9.68. The highest BCUT2D eigenvalue weighted by molar-refractivity contribution is 5.15. The number of nitrogens with zero attached hydrogens (tertiary/aromatic N) is 1. The predicted octanol–water partition coefficient (Wildman–Crippen LogP) is 2.81. The average Bonchev–Trinajstić information content (AvgIpc) is 2.18. The third-order valence-electron chi connectivity index (χ3n) is 2.09. The van der Waals surface area contributed by atoms with Crippen LogP contribution in [0, 0.1) is 0 Å². The lowest BCUT2D eigenvalue weighted by molar-refractivity contribution is 0.413. The fraction of sp³-hybridized carbons (Fsp3) is 0.250. The lowest BCUT2D eigenvalue weighted by Crippen LogP contribution is -2.14. The van der Waals surface area contributed by atoms with Gasteiger partial charge in [0.1, 0.15) is 0 Å². The lowest BCUT2D eigenvalue weighted by atomic mass is 10.2. The first-order valence-corrected chi connectivity index (χ1v) is 4.35. The van der Waals surface area contributed by atoms with Crippen molar-refractivity contribution in [2.45, 2.75) is 13.5 Å². The van der Waals surface area contributed by atoms with Crippen LogP contribution in [-0.4, -0.2) is 11.9 Å². The standard InChI is InChI=1S/C12H15N/c1-4-11(2)13(3)10-12-8-6-5-7-9-12/h5-9H,1,10H2,2-3H3. The lowest BCUT2D eigenvalue weighted by Gasteiger charge is -2.17. The van der Waals surface area contributed by atoms with Crippen molar-refractivity contribution in [3.8, 4) is 0 Å². The van der Waals surface area contributed by atoms with Gasteiger partial charge in [0.2, 0.25) is 0 Å². The highest BCUT2D eigenvalue weighted by Gasteiger charge is 1.98. The number of hydrogen-bond acceptors (Lipinski definition) is 1. The minimum absolute atomic E-state index is 0.912. The van der Waals surface area contributed by atoms with E-state index in [-0.39, 0.29) is 0 Å². The normalized spacial score (nSPS) is 9.08. The van der Waals surface area contributed by atoms with E-state index >= 15 is 0 Å². The molecule has 1 aromatic carbocycles. The van der Waals surface area contributed by atoms with E-state index in [1.807, 2.05) is 20.0 Å². The molecule has 0 aromatic heterocycles. The molecule has 0 aliphatic rings. The molecule has 1 rings (SSSR count). The maximum absolute atomic E-state index is 3.62. The first kappa shape index (κ1) is 9.63. The molecule has 0 saturated carbocycles. The van der Waals surface area contributed by atoms with Crippen molar-refractivity contribution < 1.29 is 0 Å². The number of allylic oxidation sites excluding steroid dienone is 1. The Bertz CT molecular complexity index is 307. The minimum atomic E-state index is 0.912. The van der Waals surface area contributed by atoms with E-state index in [0.717, 1.165) is 12.2 Å². The van der Waals surface area contributed by atoms with E-state index in [1.54, 1.807) is 0 Å². The van der Waals surface area contributed by atoms with Crippen molar-refractivity contribution >= 4 is 0 Å². The van der Waals surface area contributed by atoms with Gasteiger partial charge in [-0.05, 0) is 12.5 Å². The maximum atomic E-state index is 3.62. The summed E-state index contributed by atoms with van der Waals surface area (Å²) in [6.07, 6.45) is 0. The molecule has 1 nitrogen and oxygen atoms in total. The summed E-state index contributed by atoms with van der Waals surface area (Å²) in [5, 5.41) is 0. The van der Waals surface area contributed by atoms with Crippen LogP contribution < -0.4 is 0 Å². The molecule has 0 spiro atoms. The van der Waals surface area contributed by atoms with Gasteiger partial charge < -0.3 is 4.90 Å². The molecule has 0 unspecified atom stereocenters. The van der Waals surface area contributed by atoms with Crippen LogP contribution in [0.1, 0.15) is 12.5 Å². The molecule has 0 amide bonds. The molecule has 0 fully saturated rings. The molecule has 0 saturated heterocycles. The highest BCUT2D eigenvalue weighted by Crippen LogP contribution is 2.06. The van der Waals surface area contributed by atoms with Gasteiger partial charge in [0.05, 0.1) is 5.70 Å². The van der Waals surface area contributed by atoms with Gasteiger partial charge >= 0.3 is 0 Å². The average molecular weight is 173 g/mol. The molecule has 0 bridgehead atoms. The van der Waals surface area contributed by atoms with Crippen molar-refractivity contribution in [3.05, 3.63) is 53.9 Å². The molecule has 1 heteroatoms. The number of benzene rings is 1. The molecule has 0 aliphatic heterocycles. The topological polar surface area (TPSA) is 3.24 Å².